The summed E-state index contributed by atoms with van der Waals surface area (Å²) in [6, 6.07) is 15.6. The molecule has 0 saturated heterocycles. The standard InChI is InChI=1S/C30H32N2O8/c1-21-7-5-3-2-4-6-8-24-17-27(38-19-22-9-13-25(14-10-22)31(34)35)18-28(29(24)30(33)40-21)39-20-23-11-15-26(16-12-23)32(36)37/h9-18,21H,2-8,19-20H2,1H3/t21-/m1/s1. The molecule has 0 aliphatic carbocycles. The van der Waals surface area contributed by atoms with E-state index in [1.807, 2.05) is 13.0 Å². The van der Waals surface area contributed by atoms with E-state index >= 15 is 0 Å². The highest BCUT2D eigenvalue weighted by molar-refractivity contribution is 5.94. The molecule has 0 saturated carbocycles. The fourth-order valence-corrected chi connectivity index (χ4v) is 4.60. The molecule has 10 nitrogen and oxygen atoms in total. The lowest BCUT2D eigenvalue weighted by Gasteiger charge is -2.20. The number of nitro groups is 2. The number of hydrogen-bond acceptors (Lipinski definition) is 8. The fourth-order valence-electron chi connectivity index (χ4n) is 4.60. The Morgan fingerprint density at radius 2 is 1.35 bits per heavy atom. The molecule has 0 N–H and O–H groups in total. The lowest BCUT2D eigenvalue weighted by atomic mass is 9.98. The first-order valence-electron chi connectivity index (χ1n) is 13.4. The maximum atomic E-state index is 13.4. The summed E-state index contributed by atoms with van der Waals surface area (Å²) in [6.45, 7) is 2.14. The molecule has 10 heteroatoms. The fraction of sp³-hybridized carbons (Fsp3) is 0.367. The van der Waals surface area contributed by atoms with Crippen molar-refractivity contribution in [2.24, 2.45) is 0 Å². The molecule has 0 spiro atoms. The van der Waals surface area contributed by atoms with Gasteiger partial charge in [-0.25, -0.2) is 4.79 Å². The van der Waals surface area contributed by atoms with E-state index in [0.29, 0.717) is 29.0 Å². The molecule has 0 fully saturated rings. The molecular weight excluding hydrogens is 516 g/mol. The number of carbonyl (C=O) groups excluding carboxylic acids is 1. The Balaban J connectivity index is 1.63. The normalized spacial score (nSPS) is 16.0. The number of nitrogens with zero attached hydrogens (tertiary/aromatic N) is 2. The van der Waals surface area contributed by atoms with Crippen molar-refractivity contribution in [1.29, 1.82) is 0 Å². The number of ether oxygens (including phenoxy) is 3. The molecule has 3 aromatic rings. The summed E-state index contributed by atoms with van der Waals surface area (Å²) < 4.78 is 18.0. The summed E-state index contributed by atoms with van der Waals surface area (Å²) in [5, 5.41) is 22.0. The lowest BCUT2D eigenvalue weighted by molar-refractivity contribution is -0.385. The van der Waals surface area contributed by atoms with Gasteiger partial charge in [-0.15, -0.1) is 0 Å². The number of fused-ring (bicyclic) bond motifs is 1. The number of non-ortho nitro benzene ring substituents is 2. The van der Waals surface area contributed by atoms with Crippen LogP contribution in [0.1, 0.15) is 72.5 Å². The zero-order chi connectivity index (χ0) is 28.5. The summed E-state index contributed by atoms with van der Waals surface area (Å²) in [6.07, 6.45) is 6.32. The average molecular weight is 549 g/mol. The predicted molar refractivity (Wildman–Crippen MR) is 148 cm³/mol. The molecule has 1 aliphatic heterocycles. The molecule has 1 aliphatic rings. The molecule has 1 heterocycles. The smallest absolute Gasteiger partial charge is 0.342 e. The van der Waals surface area contributed by atoms with Gasteiger partial charge in [-0.2, -0.15) is 0 Å². The minimum Gasteiger partial charge on any atom is -0.489 e. The summed E-state index contributed by atoms with van der Waals surface area (Å²) in [5.74, 6) is 0.344. The van der Waals surface area contributed by atoms with Gasteiger partial charge in [0.2, 0.25) is 0 Å². The van der Waals surface area contributed by atoms with Gasteiger partial charge >= 0.3 is 5.97 Å². The minimum absolute atomic E-state index is 0.00165. The molecule has 0 aromatic heterocycles. The summed E-state index contributed by atoms with van der Waals surface area (Å²) in [7, 11) is 0. The van der Waals surface area contributed by atoms with Crippen LogP contribution in [0.4, 0.5) is 11.4 Å². The van der Waals surface area contributed by atoms with Crippen LogP contribution in [-0.2, 0) is 24.4 Å². The van der Waals surface area contributed by atoms with Crippen molar-refractivity contribution in [2.75, 3.05) is 0 Å². The van der Waals surface area contributed by atoms with Crippen molar-refractivity contribution < 1.29 is 28.9 Å². The highest BCUT2D eigenvalue weighted by Crippen LogP contribution is 2.33. The van der Waals surface area contributed by atoms with E-state index in [-0.39, 0.29) is 30.7 Å². The van der Waals surface area contributed by atoms with Gasteiger partial charge in [-0.3, -0.25) is 20.2 Å². The first kappa shape index (κ1) is 28.5. The highest BCUT2D eigenvalue weighted by Gasteiger charge is 2.24. The first-order valence-corrected chi connectivity index (χ1v) is 13.4. The zero-order valence-electron chi connectivity index (χ0n) is 22.4. The number of benzene rings is 3. The maximum absolute atomic E-state index is 13.4. The molecular formula is C30H32N2O8. The number of esters is 1. The molecule has 210 valence electrons. The van der Waals surface area contributed by atoms with E-state index in [1.54, 1.807) is 30.3 Å². The van der Waals surface area contributed by atoms with Crippen LogP contribution in [0.2, 0.25) is 0 Å². The van der Waals surface area contributed by atoms with Gasteiger partial charge in [-0.1, -0.05) is 19.3 Å². The van der Waals surface area contributed by atoms with Crippen LogP contribution in [0.15, 0.2) is 60.7 Å². The highest BCUT2D eigenvalue weighted by atomic mass is 16.6. The average Bonchev–Trinajstić information content (AvgIpc) is 2.94. The zero-order valence-corrected chi connectivity index (χ0v) is 22.4. The van der Waals surface area contributed by atoms with Gasteiger partial charge in [0.15, 0.2) is 0 Å². The lowest BCUT2D eigenvalue weighted by Crippen LogP contribution is -2.18. The molecule has 4 rings (SSSR count). The van der Waals surface area contributed by atoms with Gasteiger partial charge in [-0.05, 0) is 79.6 Å². The van der Waals surface area contributed by atoms with Gasteiger partial charge in [0, 0.05) is 30.3 Å². The Kier molecular flexibility index (Phi) is 9.66. The van der Waals surface area contributed by atoms with E-state index in [1.165, 1.54) is 24.3 Å². The van der Waals surface area contributed by atoms with Gasteiger partial charge in [0.1, 0.15) is 30.3 Å². The molecule has 0 unspecified atom stereocenters. The van der Waals surface area contributed by atoms with Crippen molar-refractivity contribution in [3.05, 3.63) is 103 Å². The third-order valence-corrected chi connectivity index (χ3v) is 6.82. The van der Waals surface area contributed by atoms with Gasteiger partial charge < -0.3 is 14.2 Å². The minimum atomic E-state index is -0.465. The van der Waals surface area contributed by atoms with Crippen LogP contribution in [-0.4, -0.2) is 21.9 Å². The number of aryl methyl sites for hydroxylation is 1. The third kappa shape index (κ3) is 7.78. The topological polar surface area (TPSA) is 131 Å². The van der Waals surface area contributed by atoms with Crippen LogP contribution in [0.5, 0.6) is 11.5 Å². The largest absolute Gasteiger partial charge is 0.489 e. The summed E-state index contributed by atoms with van der Waals surface area (Å²) in [5.41, 5.74) is 2.55. The molecule has 40 heavy (non-hydrogen) atoms. The van der Waals surface area contributed by atoms with Crippen LogP contribution in [0.25, 0.3) is 0 Å². The molecule has 1 atom stereocenters. The summed E-state index contributed by atoms with van der Waals surface area (Å²) >= 11 is 0. The van der Waals surface area contributed by atoms with Crippen LogP contribution in [0.3, 0.4) is 0 Å². The molecule has 0 amide bonds. The van der Waals surface area contributed by atoms with Crippen LogP contribution in [0, 0.1) is 20.2 Å². The molecule has 0 radical (unpaired) electrons. The van der Waals surface area contributed by atoms with Crippen LogP contribution < -0.4 is 9.47 Å². The second-order valence-corrected chi connectivity index (χ2v) is 9.90. The number of carbonyl (C=O) groups is 1. The van der Waals surface area contributed by atoms with E-state index in [4.69, 9.17) is 14.2 Å². The molecule has 0 bridgehead atoms. The second-order valence-electron chi connectivity index (χ2n) is 9.90. The SMILES string of the molecule is C[C@@H]1CCCCCCCc2cc(OCc3ccc([N+](=O)[O-])cc3)cc(OCc3ccc([N+](=O)[O-])cc3)c2C(=O)O1. The number of nitro benzene ring substituents is 2. The van der Waals surface area contributed by atoms with E-state index in [2.05, 4.69) is 0 Å². The summed E-state index contributed by atoms with van der Waals surface area (Å²) in [4.78, 5) is 34.4. The monoisotopic (exact) mass is 548 g/mol. The van der Waals surface area contributed by atoms with E-state index in [9.17, 15) is 25.0 Å². The van der Waals surface area contributed by atoms with Crippen molar-refractivity contribution in [3.8, 4) is 11.5 Å². The van der Waals surface area contributed by atoms with Crippen molar-refractivity contribution >= 4 is 17.3 Å². The Hall–Kier alpha value is -4.47. The van der Waals surface area contributed by atoms with Crippen molar-refractivity contribution in [1.82, 2.24) is 0 Å². The van der Waals surface area contributed by atoms with Gasteiger partial charge in [0.25, 0.3) is 11.4 Å². The predicted octanol–water partition coefficient (Wildman–Crippen LogP) is 7.10. The maximum Gasteiger partial charge on any atom is 0.342 e. The van der Waals surface area contributed by atoms with Gasteiger partial charge in [0.05, 0.1) is 16.0 Å². The first-order chi connectivity index (χ1) is 19.3. The Morgan fingerprint density at radius 3 is 1.95 bits per heavy atom. The second kappa shape index (κ2) is 13.5. The Labute approximate surface area is 232 Å². The van der Waals surface area contributed by atoms with Crippen LogP contribution >= 0.6 is 0 Å². The van der Waals surface area contributed by atoms with Crippen molar-refractivity contribution in [2.45, 2.75) is 71.2 Å². The quantitative estimate of drug-likeness (QED) is 0.165. The third-order valence-electron chi connectivity index (χ3n) is 6.82. The number of cyclic esters (lactones) is 1. The number of rotatable bonds is 8. The van der Waals surface area contributed by atoms with Crippen molar-refractivity contribution in [3.63, 3.8) is 0 Å². The van der Waals surface area contributed by atoms with E-state index < -0.39 is 15.8 Å². The number of hydrogen-bond donors (Lipinski definition) is 0. The Morgan fingerprint density at radius 1 is 0.800 bits per heavy atom. The Bertz CT molecular complexity index is 1340. The molecule has 3 aromatic carbocycles. The van der Waals surface area contributed by atoms with E-state index in [0.717, 1.165) is 49.7 Å².